The van der Waals surface area contributed by atoms with E-state index in [1.807, 2.05) is 18.7 Å². The Morgan fingerprint density at radius 2 is 2.27 bits per heavy atom. The number of likely N-dealkylation sites (tertiary alicyclic amines) is 1. The lowest BCUT2D eigenvalue weighted by Gasteiger charge is -2.23. The minimum atomic E-state index is -0.0173. The Hall–Kier alpha value is -0.0900. The van der Waals surface area contributed by atoms with E-state index in [1.165, 1.54) is 0 Å². The second-order valence-corrected chi connectivity index (χ2v) is 6.36. The summed E-state index contributed by atoms with van der Waals surface area (Å²) in [6.07, 6.45) is 2.56. The normalized spacial score (nSPS) is 22.5. The van der Waals surface area contributed by atoms with Crippen molar-refractivity contribution in [1.82, 2.24) is 4.90 Å². The molecule has 1 rings (SSSR count). The fourth-order valence-corrected chi connectivity index (χ4v) is 2.39. The van der Waals surface area contributed by atoms with Crippen molar-refractivity contribution in [2.75, 3.05) is 19.7 Å². The number of carbonyl (C=O) groups excluding carboxylic acids is 1. The van der Waals surface area contributed by atoms with Gasteiger partial charge in [0.2, 0.25) is 5.91 Å². The molecule has 0 aromatic heterocycles. The van der Waals surface area contributed by atoms with Crippen molar-refractivity contribution >= 4 is 21.8 Å². The highest BCUT2D eigenvalue weighted by atomic mass is 79.9. The van der Waals surface area contributed by atoms with Gasteiger partial charge in [0.1, 0.15) is 0 Å². The molecule has 0 spiro atoms. The van der Waals surface area contributed by atoms with Gasteiger partial charge in [-0.3, -0.25) is 4.79 Å². The second-order valence-electron chi connectivity index (χ2n) is 5.07. The number of amides is 1. The Bertz CT molecular complexity index is 231. The van der Waals surface area contributed by atoms with Crippen molar-refractivity contribution in [3.63, 3.8) is 0 Å². The molecule has 1 aliphatic heterocycles. The van der Waals surface area contributed by atoms with Crippen molar-refractivity contribution in [2.45, 2.75) is 37.9 Å². The Balaban J connectivity index is 2.23. The van der Waals surface area contributed by atoms with E-state index in [9.17, 15) is 4.79 Å². The zero-order valence-electron chi connectivity index (χ0n) is 9.50. The Morgan fingerprint density at radius 1 is 1.60 bits per heavy atom. The van der Waals surface area contributed by atoms with E-state index in [0.717, 1.165) is 25.9 Å². The fourth-order valence-electron chi connectivity index (χ4n) is 1.77. The standard InChI is InChI=1S/C11H20BrNO2/c1-11(2,8-14)4-3-5-13-7-9(12)6-10(13)15/h9,14H,3-8H2,1-2H3. The van der Waals surface area contributed by atoms with Crippen LogP contribution in [0.2, 0.25) is 0 Å². The van der Waals surface area contributed by atoms with Gasteiger partial charge < -0.3 is 10.0 Å². The minimum Gasteiger partial charge on any atom is -0.396 e. The predicted octanol–water partition coefficient (Wildman–Crippen LogP) is 1.78. The molecule has 1 N–H and O–H groups in total. The number of hydrogen-bond acceptors (Lipinski definition) is 2. The maximum absolute atomic E-state index is 11.5. The topological polar surface area (TPSA) is 40.5 Å². The van der Waals surface area contributed by atoms with E-state index < -0.39 is 0 Å². The predicted molar refractivity (Wildman–Crippen MR) is 64.0 cm³/mol. The van der Waals surface area contributed by atoms with Crippen molar-refractivity contribution < 1.29 is 9.90 Å². The summed E-state index contributed by atoms with van der Waals surface area (Å²) < 4.78 is 0. The summed E-state index contributed by atoms with van der Waals surface area (Å²) in [4.78, 5) is 13.7. The lowest BCUT2D eigenvalue weighted by molar-refractivity contribution is -0.127. The van der Waals surface area contributed by atoms with Gasteiger partial charge in [0.05, 0.1) is 0 Å². The zero-order valence-corrected chi connectivity index (χ0v) is 11.1. The summed E-state index contributed by atoms with van der Waals surface area (Å²) in [5, 5.41) is 9.09. The summed E-state index contributed by atoms with van der Waals surface area (Å²) in [6.45, 7) is 5.96. The number of aliphatic hydroxyl groups excluding tert-OH is 1. The molecule has 88 valence electrons. The zero-order chi connectivity index (χ0) is 11.5. The Morgan fingerprint density at radius 3 is 2.73 bits per heavy atom. The molecule has 1 heterocycles. The lowest BCUT2D eigenvalue weighted by Crippen LogP contribution is -2.28. The summed E-state index contributed by atoms with van der Waals surface area (Å²) in [5.41, 5.74) is -0.0173. The van der Waals surface area contributed by atoms with Gasteiger partial charge in [0.25, 0.3) is 0 Å². The maximum atomic E-state index is 11.5. The van der Waals surface area contributed by atoms with E-state index in [4.69, 9.17) is 5.11 Å². The van der Waals surface area contributed by atoms with Crippen LogP contribution >= 0.6 is 15.9 Å². The molecule has 1 fully saturated rings. The van der Waals surface area contributed by atoms with Crippen molar-refractivity contribution in [2.24, 2.45) is 5.41 Å². The number of alkyl halides is 1. The third-order valence-corrected chi connectivity index (χ3v) is 3.49. The molecule has 0 aromatic carbocycles. The smallest absolute Gasteiger partial charge is 0.223 e. The molecule has 0 aromatic rings. The van der Waals surface area contributed by atoms with E-state index in [-0.39, 0.29) is 17.9 Å². The van der Waals surface area contributed by atoms with Crippen LogP contribution in [-0.4, -0.2) is 40.4 Å². The Kier molecular flexibility index (Phi) is 4.59. The number of nitrogens with zero attached hydrogens (tertiary/aromatic N) is 1. The van der Waals surface area contributed by atoms with Gasteiger partial charge in [-0.1, -0.05) is 29.8 Å². The highest BCUT2D eigenvalue weighted by Gasteiger charge is 2.27. The first kappa shape index (κ1) is 13.0. The first-order valence-electron chi connectivity index (χ1n) is 5.47. The van der Waals surface area contributed by atoms with Crippen LogP contribution < -0.4 is 0 Å². The van der Waals surface area contributed by atoms with E-state index >= 15 is 0 Å². The third kappa shape index (κ3) is 4.11. The fraction of sp³-hybridized carbons (Fsp3) is 0.909. The summed E-state index contributed by atoms with van der Waals surface area (Å²) in [5.74, 6) is 0.249. The van der Waals surface area contributed by atoms with Crippen LogP contribution in [0.3, 0.4) is 0 Å². The molecule has 1 unspecified atom stereocenters. The number of aliphatic hydroxyl groups is 1. The van der Waals surface area contributed by atoms with Crippen LogP contribution in [0.25, 0.3) is 0 Å². The molecular formula is C11H20BrNO2. The Labute approximate surface area is 100.0 Å². The molecule has 1 aliphatic rings. The number of halogens is 1. The average molecular weight is 278 g/mol. The molecule has 4 heteroatoms. The molecule has 0 saturated carbocycles. The van der Waals surface area contributed by atoms with Crippen molar-refractivity contribution in [1.29, 1.82) is 0 Å². The third-order valence-electron chi connectivity index (χ3n) is 2.88. The molecular weight excluding hydrogens is 258 g/mol. The highest BCUT2D eigenvalue weighted by Crippen LogP contribution is 2.23. The van der Waals surface area contributed by atoms with Crippen molar-refractivity contribution in [3.05, 3.63) is 0 Å². The maximum Gasteiger partial charge on any atom is 0.223 e. The van der Waals surface area contributed by atoms with Gasteiger partial charge in [0.15, 0.2) is 0 Å². The molecule has 0 bridgehead atoms. The molecule has 1 saturated heterocycles. The highest BCUT2D eigenvalue weighted by molar-refractivity contribution is 9.09. The van der Waals surface area contributed by atoms with Gasteiger partial charge in [-0.15, -0.1) is 0 Å². The van der Waals surface area contributed by atoms with Gasteiger partial charge in [0, 0.05) is 30.9 Å². The molecule has 15 heavy (non-hydrogen) atoms. The lowest BCUT2D eigenvalue weighted by atomic mass is 9.89. The van der Waals surface area contributed by atoms with Crippen LogP contribution in [0.4, 0.5) is 0 Å². The average Bonchev–Trinajstić information content (AvgIpc) is 2.45. The van der Waals surface area contributed by atoms with Crippen LogP contribution in [0.5, 0.6) is 0 Å². The molecule has 0 radical (unpaired) electrons. The van der Waals surface area contributed by atoms with Crippen molar-refractivity contribution in [3.8, 4) is 0 Å². The molecule has 1 amide bonds. The molecule has 1 atom stereocenters. The van der Waals surface area contributed by atoms with Crippen LogP contribution in [0.1, 0.15) is 33.1 Å². The number of rotatable bonds is 5. The van der Waals surface area contributed by atoms with E-state index in [1.54, 1.807) is 0 Å². The van der Waals surface area contributed by atoms with Gasteiger partial charge in [-0.05, 0) is 18.3 Å². The second kappa shape index (κ2) is 5.30. The van der Waals surface area contributed by atoms with Crippen LogP contribution in [-0.2, 0) is 4.79 Å². The van der Waals surface area contributed by atoms with Gasteiger partial charge >= 0.3 is 0 Å². The summed E-state index contributed by atoms with van der Waals surface area (Å²) >= 11 is 3.46. The molecule has 3 nitrogen and oxygen atoms in total. The quantitative estimate of drug-likeness (QED) is 0.779. The molecule has 0 aliphatic carbocycles. The van der Waals surface area contributed by atoms with Gasteiger partial charge in [-0.25, -0.2) is 0 Å². The van der Waals surface area contributed by atoms with Crippen LogP contribution in [0, 0.1) is 5.41 Å². The van der Waals surface area contributed by atoms with E-state index in [0.29, 0.717) is 11.2 Å². The first-order valence-corrected chi connectivity index (χ1v) is 6.39. The summed E-state index contributed by atoms with van der Waals surface area (Å²) in [7, 11) is 0. The SMILES string of the molecule is CC(C)(CO)CCCN1CC(Br)CC1=O. The monoisotopic (exact) mass is 277 g/mol. The summed E-state index contributed by atoms with van der Waals surface area (Å²) in [6, 6.07) is 0. The largest absolute Gasteiger partial charge is 0.396 e. The van der Waals surface area contributed by atoms with Crippen LogP contribution in [0.15, 0.2) is 0 Å². The number of carbonyl (C=O) groups is 1. The number of hydrogen-bond donors (Lipinski definition) is 1. The van der Waals surface area contributed by atoms with Gasteiger partial charge in [-0.2, -0.15) is 0 Å². The van der Waals surface area contributed by atoms with E-state index in [2.05, 4.69) is 15.9 Å². The first-order chi connectivity index (χ1) is 6.94. The minimum absolute atomic E-state index is 0.0173.